The molecule has 0 fully saturated rings. The van der Waals surface area contributed by atoms with E-state index in [9.17, 15) is 14.9 Å². The standard InChI is InChI=1S/C26H24N2O3/c1-3-7-18-15-24-23(16-22(18)17-10-12-19(13-11-17)28(30)31)20-8-5-6-9-21(20)25(24)26(29)27-14-4-2/h3,5-13,15-16,25H,4,14H2,1-2H3,(H,27,29)/b7-3-. The summed E-state index contributed by atoms with van der Waals surface area (Å²) in [6, 6.07) is 18.8. The molecule has 1 amide bonds. The Balaban J connectivity index is 1.89. The third-order valence-corrected chi connectivity index (χ3v) is 5.64. The van der Waals surface area contributed by atoms with Crippen LogP contribution < -0.4 is 5.32 Å². The lowest BCUT2D eigenvalue weighted by Gasteiger charge is -2.16. The molecule has 0 aliphatic heterocycles. The third kappa shape index (κ3) is 3.75. The fourth-order valence-corrected chi connectivity index (χ4v) is 4.23. The highest BCUT2D eigenvalue weighted by molar-refractivity contribution is 5.98. The van der Waals surface area contributed by atoms with Crippen molar-refractivity contribution in [3.8, 4) is 22.3 Å². The van der Waals surface area contributed by atoms with E-state index >= 15 is 0 Å². The molecule has 3 aromatic carbocycles. The Morgan fingerprint density at radius 3 is 2.45 bits per heavy atom. The fourth-order valence-electron chi connectivity index (χ4n) is 4.23. The first kappa shape index (κ1) is 20.5. The van der Waals surface area contributed by atoms with Crippen molar-refractivity contribution in [3.05, 3.63) is 93.5 Å². The van der Waals surface area contributed by atoms with Crippen molar-refractivity contribution >= 4 is 17.7 Å². The number of rotatable bonds is 6. The number of nitro groups is 1. The molecule has 3 aromatic rings. The average molecular weight is 412 g/mol. The molecule has 0 aromatic heterocycles. The van der Waals surface area contributed by atoms with Gasteiger partial charge in [0.2, 0.25) is 5.91 Å². The van der Waals surface area contributed by atoms with E-state index in [1.165, 1.54) is 12.1 Å². The monoisotopic (exact) mass is 412 g/mol. The largest absolute Gasteiger partial charge is 0.355 e. The summed E-state index contributed by atoms with van der Waals surface area (Å²) in [5.74, 6) is -0.324. The molecule has 0 saturated heterocycles. The number of nitrogens with one attached hydrogen (secondary N) is 1. The van der Waals surface area contributed by atoms with Crippen molar-refractivity contribution in [3.63, 3.8) is 0 Å². The number of carbonyl (C=O) groups is 1. The smallest absolute Gasteiger partial charge is 0.269 e. The molecule has 1 aliphatic carbocycles. The fraction of sp³-hybridized carbons (Fsp3) is 0.192. The van der Waals surface area contributed by atoms with Crippen LogP contribution in [0, 0.1) is 10.1 Å². The highest BCUT2D eigenvalue weighted by atomic mass is 16.6. The zero-order valence-electron chi connectivity index (χ0n) is 17.6. The molecule has 4 rings (SSSR count). The van der Waals surface area contributed by atoms with Crippen LogP contribution in [0.4, 0.5) is 5.69 Å². The molecule has 31 heavy (non-hydrogen) atoms. The maximum atomic E-state index is 13.1. The number of non-ortho nitro benzene ring substituents is 1. The second kappa shape index (κ2) is 8.56. The summed E-state index contributed by atoms with van der Waals surface area (Å²) in [7, 11) is 0. The number of nitrogens with zero attached hydrogens (tertiary/aromatic N) is 1. The molecule has 0 saturated carbocycles. The van der Waals surface area contributed by atoms with Crippen molar-refractivity contribution < 1.29 is 9.72 Å². The molecule has 0 spiro atoms. The minimum absolute atomic E-state index is 0.0163. The van der Waals surface area contributed by atoms with Crippen LogP contribution in [0.5, 0.6) is 0 Å². The second-order valence-electron chi connectivity index (χ2n) is 7.64. The van der Waals surface area contributed by atoms with Gasteiger partial charge in [0, 0.05) is 18.7 Å². The van der Waals surface area contributed by atoms with Crippen molar-refractivity contribution in [1.82, 2.24) is 5.32 Å². The molecule has 0 radical (unpaired) electrons. The summed E-state index contributed by atoms with van der Waals surface area (Å²) < 4.78 is 0. The van der Waals surface area contributed by atoms with E-state index < -0.39 is 4.92 Å². The van der Waals surface area contributed by atoms with E-state index in [1.54, 1.807) is 12.1 Å². The number of nitro benzene ring substituents is 1. The number of fused-ring (bicyclic) bond motifs is 3. The van der Waals surface area contributed by atoms with Crippen LogP contribution >= 0.6 is 0 Å². The highest BCUT2D eigenvalue weighted by Crippen LogP contribution is 2.47. The highest BCUT2D eigenvalue weighted by Gasteiger charge is 2.34. The van der Waals surface area contributed by atoms with Crippen LogP contribution in [-0.2, 0) is 4.79 Å². The molecule has 156 valence electrons. The Hall–Kier alpha value is -3.73. The molecular weight excluding hydrogens is 388 g/mol. The Bertz CT molecular complexity index is 1180. The minimum Gasteiger partial charge on any atom is -0.355 e. The van der Waals surface area contributed by atoms with Crippen LogP contribution in [0.25, 0.3) is 28.3 Å². The van der Waals surface area contributed by atoms with Crippen LogP contribution in [0.3, 0.4) is 0 Å². The predicted molar refractivity (Wildman–Crippen MR) is 124 cm³/mol. The van der Waals surface area contributed by atoms with Gasteiger partial charge in [-0.05, 0) is 76.6 Å². The SMILES string of the molecule is C/C=C\c1cc2c(cc1-c1ccc([N+](=O)[O-])cc1)-c1ccccc1C2C(=O)NCCC. The van der Waals surface area contributed by atoms with Gasteiger partial charge in [0.05, 0.1) is 10.8 Å². The zero-order chi connectivity index (χ0) is 22.0. The zero-order valence-corrected chi connectivity index (χ0v) is 17.6. The van der Waals surface area contributed by atoms with Gasteiger partial charge in [-0.3, -0.25) is 14.9 Å². The molecule has 5 heteroatoms. The van der Waals surface area contributed by atoms with Crippen LogP contribution in [0.1, 0.15) is 42.9 Å². The van der Waals surface area contributed by atoms with Crippen LogP contribution in [0.15, 0.2) is 66.7 Å². The van der Waals surface area contributed by atoms with E-state index in [2.05, 4.69) is 23.5 Å². The summed E-state index contributed by atoms with van der Waals surface area (Å²) in [5, 5.41) is 14.1. The molecular formula is C26H24N2O3. The Morgan fingerprint density at radius 2 is 1.77 bits per heavy atom. The van der Waals surface area contributed by atoms with Crippen LogP contribution in [0.2, 0.25) is 0 Å². The maximum absolute atomic E-state index is 13.1. The average Bonchev–Trinajstić information content (AvgIpc) is 3.10. The molecule has 1 atom stereocenters. The van der Waals surface area contributed by atoms with Gasteiger partial charge in [-0.1, -0.05) is 43.3 Å². The van der Waals surface area contributed by atoms with Crippen molar-refractivity contribution in [2.45, 2.75) is 26.2 Å². The van der Waals surface area contributed by atoms with Crippen LogP contribution in [-0.4, -0.2) is 17.4 Å². The Morgan fingerprint density at radius 1 is 1.03 bits per heavy atom. The summed E-state index contributed by atoms with van der Waals surface area (Å²) in [6.07, 6.45) is 4.86. The van der Waals surface area contributed by atoms with Gasteiger partial charge >= 0.3 is 0 Å². The van der Waals surface area contributed by atoms with Gasteiger partial charge in [-0.15, -0.1) is 0 Å². The minimum atomic E-state index is -0.394. The number of allylic oxidation sites excluding steroid dienone is 1. The number of hydrogen-bond acceptors (Lipinski definition) is 3. The van der Waals surface area contributed by atoms with E-state index in [1.807, 2.05) is 44.2 Å². The third-order valence-electron chi connectivity index (χ3n) is 5.64. The maximum Gasteiger partial charge on any atom is 0.269 e. The van der Waals surface area contributed by atoms with Crippen molar-refractivity contribution in [1.29, 1.82) is 0 Å². The Kier molecular flexibility index (Phi) is 5.67. The summed E-state index contributed by atoms with van der Waals surface area (Å²) in [6.45, 7) is 4.64. The van der Waals surface area contributed by atoms with Gasteiger partial charge in [0.1, 0.15) is 0 Å². The van der Waals surface area contributed by atoms with E-state index in [0.717, 1.165) is 45.4 Å². The number of hydrogen-bond donors (Lipinski definition) is 1. The van der Waals surface area contributed by atoms with E-state index in [0.29, 0.717) is 6.54 Å². The summed E-state index contributed by atoms with van der Waals surface area (Å²) in [4.78, 5) is 23.7. The topological polar surface area (TPSA) is 72.2 Å². The summed E-state index contributed by atoms with van der Waals surface area (Å²) in [5.41, 5.74) is 7.03. The first-order valence-corrected chi connectivity index (χ1v) is 10.5. The molecule has 1 N–H and O–H groups in total. The van der Waals surface area contributed by atoms with Gasteiger partial charge in [-0.25, -0.2) is 0 Å². The van der Waals surface area contributed by atoms with E-state index in [4.69, 9.17) is 0 Å². The predicted octanol–water partition coefficient (Wildman–Crippen LogP) is 5.93. The lowest BCUT2D eigenvalue weighted by Crippen LogP contribution is -2.29. The first-order valence-electron chi connectivity index (χ1n) is 10.5. The molecule has 1 aliphatic rings. The van der Waals surface area contributed by atoms with E-state index in [-0.39, 0.29) is 17.5 Å². The molecule has 5 nitrogen and oxygen atoms in total. The van der Waals surface area contributed by atoms with Gasteiger partial charge in [0.15, 0.2) is 0 Å². The van der Waals surface area contributed by atoms with Gasteiger partial charge in [0.25, 0.3) is 5.69 Å². The summed E-state index contributed by atoms with van der Waals surface area (Å²) >= 11 is 0. The second-order valence-corrected chi connectivity index (χ2v) is 7.64. The van der Waals surface area contributed by atoms with Gasteiger partial charge in [-0.2, -0.15) is 0 Å². The first-order chi connectivity index (χ1) is 15.0. The quantitative estimate of drug-likeness (QED) is 0.403. The molecule has 0 heterocycles. The lowest BCUT2D eigenvalue weighted by molar-refractivity contribution is -0.384. The lowest BCUT2D eigenvalue weighted by atomic mass is 9.90. The number of benzene rings is 3. The molecule has 1 unspecified atom stereocenters. The van der Waals surface area contributed by atoms with Crippen molar-refractivity contribution in [2.24, 2.45) is 0 Å². The Labute approximate surface area is 181 Å². The molecule has 0 bridgehead atoms. The van der Waals surface area contributed by atoms with Crippen molar-refractivity contribution in [2.75, 3.05) is 6.54 Å². The van der Waals surface area contributed by atoms with Gasteiger partial charge < -0.3 is 5.32 Å². The number of amides is 1. The normalized spacial score (nSPS) is 14.3. The number of carbonyl (C=O) groups excluding carboxylic acids is 1.